The van der Waals surface area contributed by atoms with Crippen molar-refractivity contribution in [3.63, 3.8) is 0 Å². The molecule has 21 heavy (non-hydrogen) atoms. The van der Waals surface area contributed by atoms with Crippen molar-refractivity contribution < 1.29 is 14.6 Å². The highest BCUT2D eigenvalue weighted by atomic mass is 16.6. The zero-order valence-electron chi connectivity index (χ0n) is 13.1. The van der Waals surface area contributed by atoms with Crippen LogP contribution in [0.25, 0.3) is 0 Å². The van der Waals surface area contributed by atoms with E-state index in [1.54, 1.807) is 4.90 Å². The van der Waals surface area contributed by atoms with Crippen molar-refractivity contribution in [2.75, 3.05) is 6.54 Å². The van der Waals surface area contributed by atoms with Gasteiger partial charge in [0.2, 0.25) is 0 Å². The van der Waals surface area contributed by atoms with Gasteiger partial charge in [-0.15, -0.1) is 0 Å². The van der Waals surface area contributed by atoms with Gasteiger partial charge in [-0.1, -0.05) is 30.3 Å². The first-order valence-electron chi connectivity index (χ1n) is 7.61. The molecule has 2 rings (SSSR count). The third-order valence-corrected chi connectivity index (χ3v) is 3.68. The van der Waals surface area contributed by atoms with Crippen LogP contribution in [0.15, 0.2) is 30.3 Å². The number of rotatable bonds is 2. The fraction of sp³-hybridized carbons (Fsp3) is 0.588. The Bertz CT molecular complexity index is 467. The lowest BCUT2D eigenvalue weighted by atomic mass is 9.93. The van der Waals surface area contributed by atoms with E-state index in [2.05, 4.69) is 0 Å². The molecule has 1 saturated heterocycles. The predicted octanol–water partition coefficient (Wildman–Crippen LogP) is 3.51. The maximum atomic E-state index is 12.4. The second kappa shape index (κ2) is 6.48. The zero-order chi connectivity index (χ0) is 15.5. The minimum Gasteiger partial charge on any atom is -0.444 e. The lowest BCUT2D eigenvalue weighted by molar-refractivity contribution is -0.0169. The smallest absolute Gasteiger partial charge is 0.410 e. The van der Waals surface area contributed by atoms with Crippen LogP contribution in [0.3, 0.4) is 0 Å². The molecule has 0 aliphatic carbocycles. The summed E-state index contributed by atoms with van der Waals surface area (Å²) >= 11 is 0. The highest BCUT2D eigenvalue weighted by molar-refractivity contribution is 5.68. The van der Waals surface area contributed by atoms with Gasteiger partial charge < -0.3 is 14.7 Å². The second-order valence-corrected chi connectivity index (χ2v) is 6.59. The van der Waals surface area contributed by atoms with E-state index in [1.807, 2.05) is 51.1 Å². The largest absolute Gasteiger partial charge is 0.444 e. The monoisotopic (exact) mass is 291 g/mol. The highest BCUT2D eigenvalue weighted by Crippen LogP contribution is 2.29. The zero-order valence-corrected chi connectivity index (χ0v) is 13.1. The molecule has 0 bridgehead atoms. The molecule has 1 amide bonds. The summed E-state index contributed by atoms with van der Waals surface area (Å²) in [6.45, 7) is 6.22. The standard InChI is InChI=1S/C17H25NO3/c1-17(2,3)21-16(20)18-12-8-7-11-14(18)15(19)13-9-5-4-6-10-13/h4-6,9-10,14-15,19H,7-8,11-12H2,1-3H3. The minimum atomic E-state index is -0.668. The molecule has 1 N–H and O–H groups in total. The SMILES string of the molecule is CC(C)(C)OC(=O)N1CCCCC1C(O)c1ccccc1. The Hall–Kier alpha value is -1.55. The number of amides is 1. The number of piperidine rings is 1. The van der Waals surface area contributed by atoms with Crippen LogP contribution in [0.2, 0.25) is 0 Å². The average Bonchev–Trinajstić information content (AvgIpc) is 2.45. The van der Waals surface area contributed by atoms with Crippen LogP contribution in [0.1, 0.15) is 51.7 Å². The van der Waals surface area contributed by atoms with Gasteiger partial charge >= 0.3 is 6.09 Å². The summed E-state index contributed by atoms with van der Waals surface area (Å²) in [5.41, 5.74) is 0.328. The molecule has 1 heterocycles. The molecule has 4 nitrogen and oxygen atoms in total. The van der Waals surface area contributed by atoms with Crippen LogP contribution in [0.5, 0.6) is 0 Å². The van der Waals surface area contributed by atoms with Gasteiger partial charge in [-0.05, 0) is 45.6 Å². The Morgan fingerprint density at radius 1 is 1.29 bits per heavy atom. The maximum Gasteiger partial charge on any atom is 0.410 e. The van der Waals surface area contributed by atoms with Crippen LogP contribution in [0, 0.1) is 0 Å². The van der Waals surface area contributed by atoms with Gasteiger partial charge in [0.1, 0.15) is 5.60 Å². The Morgan fingerprint density at radius 2 is 1.95 bits per heavy atom. The molecule has 4 heteroatoms. The van der Waals surface area contributed by atoms with Crippen LogP contribution in [0.4, 0.5) is 4.79 Å². The lowest BCUT2D eigenvalue weighted by Crippen LogP contribution is -2.48. The first-order chi connectivity index (χ1) is 9.88. The first kappa shape index (κ1) is 15.8. The van der Waals surface area contributed by atoms with Crippen molar-refractivity contribution in [1.82, 2.24) is 4.90 Å². The molecule has 1 fully saturated rings. The van der Waals surface area contributed by atoms with Crippen LogP contribution in [-0.2, 0) is 4.74 Å². The molecule has 2 atom stereocenters. The molecule has 1 aliphatic rings. The van der Waals surface area contributed by atoms with Gasteiger partial charge in [0, 0.05) is 6.54 Å². The van der Waals surface area contributed by atoms with E-state index in [-0.39, 0.29) is 12.1 Å². The summed E-state index contributed by atoms with van der Waals surface area (Å²) in [4.78, 5) is 14.0. The van der Waals surface area contributed by atoms with E-state index >= 15 is 0 Å². The van der Waals surface area contributed by atoms with Gasteiger partial charge in [-0.2, -0.15) is 0 Å². The molecular formula is C17H25NO3. The molecule has 1 aromatic rings. The Kier molecular flexibility index (Phi) is 4.88. The van der Waals surface area contributed by atoms with E-state index in [1.165, 1.54) is 0 Å². The Balaban J connectivity index is 2.13. The number of benzene rings is 1. The van der Waals surface area contributed by atoms with Crippen molar-refractivity contribution in [3.8, 4) is 0 Å². The fourth-order valence-corrected chi connectivity index (χ4v) is 2.71. The second-order valence-electron chi connectivity index (χ2n) is 6.59. The molecule has 2 unspecified atom stereocenters. The van der Waals surface area contributed by atoms with Crippen LogP contribution < -0.4 is 0 Å². The van der Waals surface area contributed by atoms with Gasteiger partial charge in [-0.3, -0.25) is 0 Å². The molecule has 116 valence electrons. The third kappa shape index (κ3) is 4.21. The van der Waals surface area contributed by atoms with Crippen molar-refractivity contribution >= 4 is 6.09 Å². The first-order valence-corrected chi connectivity index (χ1v) is 7.61. The number of likely N-dealkylation sites (tertiary alicyclic amines) is 1. The quantitative estimate of drug-likeness (QED) is 0.907. The van der Waals surface area contributed by atoms with E-state index in [0.717, 1.165) is 24.8 Å². The lowest BCUT2D eigenvalue weighted by Gasteiger charge is -2.39. The number of nitrogens with zero attached hydrogens (tertiary/aromatic N) is 1. The summed E-state index contributed by atoms with van der Waals surface area (Å²) in [5, 5.41) is 10.6. The number of aliphatic hydroxyl groups is 1. The van der Waals surface area contributed by atoms with Gasteiger partial charge in [-0.25, -0.2) is 4.79 Å². The van der Waals surface area contributed by atoms with Crippen LogP contribution >= 0.6 is 0 Å². The van der Waals surface area contributed by atoms with Gasteiger partial charge in [0.05, 0.1) is 12.1 Å². The number of hydrogen-bond acceptors (Lipinski definition) is 3. The van der Waals surface area contributed by atoms with Gasteiger partial charge in [0.15, 0.2) is 0 Å². The molecule has 0 radical (unpaired) electrons. The molecular weight excluding hydrogens is 266 g/mol. The summed E-state index contributed by atoms with van der Waals surface area (Å²) in [5.74, 6) is 0. The highest BCUT2D eigenvalue weighted by Gasteiger charge is 2.35. The average molecular weight is 291 g/mol. The molecule has 0 saturated carbocycles. The van der Waals surface area contributed by atoms with Crippen molar-refractivity contribution in [2.45, 2.75) is 57.8 Å². The van der Waals surface area contributed by atoms with E-state index in [0.29, 0.717) is 6.54 Å². The topological polar surface area (TPSA) is 49.8 Å². The normalized spacial score (nSPS) is 21.0. The summed E-state index contributed by atoms with van der Waals surface area (Å²) in [6.07, 6.45) is 1.78. The third-order valence-electron chi connectivity index (χ3n) is 3.68. The Labute approximate surface area is 126 Å². The summed E-state index contributed by atoms with van der Waals surface area (Å²) in [6, 6.07) is 9.30. The number of ether oxygens (including phenoxy) is 1. The van der Waals surface area contributed by atoms with Crippen molar-refractivity contribution in [3.05, 3.63) is 35.9 Å². The molecule has 0 spiro atoms. The fourth-order valence-electron chi connectivity index (χ4n) is 2.71. The van der Waals surface area contributed by atoms with Crippen LogP contribution in [-0.4, -0.2) is 34.3 Å². The molecule has 0 aromatic heterocycles. The summed E-state index contributed by atoms with van der Waals surface area (Å²) < 4.78 is 5.47. The van der Waals surface area contributed by atoms with Crippen molar-refractivity contribution in [2.24, 2.45) is 0 Å². The Morgan fingerprint density at radius 3 is 2.57 bits per heavy atom. The van der Waals surface area contributed by atoms with E-state index in [9.17, 15) is 9.90 Å². The van der Waals surface area contributed by atoms with Gasteiger partial charge in [0.25, 0.3) is 0 Å². The molecule has 1 aliphatic heterocycles. The summed E-state index contributed by atoms with van der Waals surface area (Å²) in [7, 11) is 0. The number of carbonyl (C=O) groups is 1. The minimum absolute atomic E-state index is 0.212. The molecule has 1 aromatic carbocycles. The number of carbonyl (C=O) groups excluding carboxylic acids is 1. The predicted molar refractivity (Wildman–Crippen MR) is 82.0 cm³/mol. The van der Waals surface area contributed by atoms with E-state index in [4.69, 9.17) is 4.74 Å². The van der Waals surface area contributed by atoms with E-state index < -0.39 is 11.7 Å². The number of aliphatic hydroxyl groups excluding tert-OH is 1. The van der Waals surface area contributed by atoms with Crippen molar-refractivity contribution in [1.29, 1.82) is 0 Å². The maximum absolute atomic E-state index is 12.4. The number of hydrogen-bond donors (Lipinski definition) is 1.